The van der Waals surface area contributed by atoms with Crippen LogP contribution in [-0.4, -0.2) is 60.8 Å². The van der Waals surface area contributed by atoms with Gasteiger partial charge in [-0.15, -0.1) is 0 Å². The van der Waals surface area contributed by atoms with Gasteiger partial charge in [0.1, 0.15) is 12.6 Å². The van der Waals surface area contributed by atoms with Crippen LogP contribution in [0.2, 0.25) is 0 Å². The highest BCUT2D eigenvalue weighted by Gasteiger charge is 2.29. The van der Waals surface area contributed by atoms with Crippen molar-refractivity contribution in [2.24, 2.45) is 0 Å². The van der Waals surface area contributed by atoms with E-state index in [9.17, 15) is 14.4 Å². The van der Waals surface area contributed by atoms with Gasteiger partial charge in [0.25, 0.3) is 0 Å². The molecular formula is C12H17NO6. The normalized spacial score (nSPS) is 19.5. The minimum absolute atomic E-state index is 0.0914. The molecule has 0 saturated carbocycles. The summed E-state index contributed by atoms with van der Waals surface area (Å²) in [6.45, 7) is 1.15. The third kappa shape index (κ3) is 5.09. The zero-order chi connectivity index (χ0) is 14.3. The first kappa shape index (κ1) is 15.2. The van der Waals surface area contributed by atoms with Crippen LogP contribution in [-0.2, 0) is 23.9 Å². The first-order valence-electron chi connectivity index (χ1n) is 5.94. The van der Waals surface area contributed by atoms with Crippen molar-refractivity contribution in [3.05, 3.63) is 12.2 Å². The van der Waals surface area contributed by atoms with Crippen molar-refractivity contribution in [2.45, 2.75) is 18.9 Å². The second-order valence-electron chi connectivity index (χ2n) is 4.06. The van der Waals surface area contributed by atoms with Crippen molar-refractivity contribution in [1.29, 1.82) is 0 Å². The van der Waals surface area contributed by atoms with Crippen molar-refractivity contribution in [1.82, 2.24) is 4.90 Å². The molecule has 7 nitrogen and oxygen atoms in total. The number of carboxylic acid groups (broad SMARTS) is 1. The summed E-state index contributed by atoms with van der Waals surface area (Å²) in [6, 6.07) is -0.496. The Balaban J connectivity index is 2.26. The number of rotatable bonds is 6. The van der Waals surface area contributed by atoms with Gasteiger partial charge in [0.2, 0.25) is 0 Å². The average Bonchev–Trinajstić information content (AvgIpc) is 2.84. The van der Waals surface area contributed by atoms with Crippen LogP contribution in [0.4, 0.5) is 0 Å². The lowest BCUT2D eigenvalue weighted by Gasteiger charge is -2.20. The second kappa shape index (κ2) is 7.52. The average molecular weight is 271 g/mol. The van der Waals surface area contributed by atoms with Crippen LogP contribution >= 0.6 is 0 Å². The molecule has 1 aliphatic rings. The van der Waals surface area contributed by atoms with Gasteiger partial charge >= 0.3 is 17.9 Å². The highest BCUT2D eigenvalue weighted by atomic mass is 16.5. The van der Waals surface area contributed by atoms with Crippen LogP contribution in [0.5, 0.6) is 0 Å². The van der Waals surface area contributed by atoms with E-state index in [1.165, 1.54) is 7.11 Å². The predicted octanol–water partition coefficient (Wildman–Crippen LogP) is -0.192. The maximum absolute atomic E-state index is 11.2. The van der Waals surface area contributed by atoms with E-state index in [1.807, 2.05) is 0 Å². The van der Waals surface area contributed by atoms with Crippen LogP contribution in [0.3, 0.4) is 0 Å². The third-order valence-corrected chi connectivity index (χ3v) is 2.83. The molecule has 1 aliphatic heterocycles. The third-order valence-electron chi connectivity index (χ3n) is 2.83. The van der Waals surface area contributed by atoms with E-state index >= 15 is 0 Å². The van der Waals surface area contributed by atoms with Crippen molar-refractivity contribution >= 4 is 17.9 Å². The van der Waals surface area contributed by atoms with Crippen LogP contribution in [0.15, 0.2) is 12.2 Å². The molecular weight excluding hydrogens is 254 g/mol. The summed E-state index contributed by atoms with van der Waals surface area (Å²) in [5, 5.41) is 8.95. The molecule has 7 heteroatoms. The van der Waals surface area contributed by atoms with Gasteiger partial charge in [-0.2, -0.15) is 0 Å². The fraction of sp³-hybridized carbons (Fsp3) is 0.583. The smallest absolute Gasteiger partial charge is 0.331 e. The molecule has 0 aliphatic carbocycles. The lowest BCUT2D eigenvalue weighted by molar-refractivity contribution is -0.143. The molecule has 0 radical (unpaired) electrons. The standard InChI is InChI=1S/C12H17NO6/c1-18-10(14)4-5-11(15)19-8-7-13-6-2-3-9(13)12(16)17/h4-5,9H,2-3,6-8H2,1H3,(H,16,17)/b5-4+. The number of hydrogen-bond acceptors (Lipinski definition) is 6. The van der Waals surface area contributed by atoms with E-state index in [4.69, 9.17) is 9.84 Å². The van der Waals surface area contributed by atoms with Gasteiger partial charge < -0.3 is 14.6 Å². The van der Waals surface area contributed by atoms with Gasteiger partial charge in [0.15, 0.2) is 0 Å². The maximum Gasteiger partial charge on any atom is 0.331 e. The molecule has 0 bridgehead atoms. The van der Waals surface area contributed by atoms with E-state index in [0.29, 0.717) is 19.5 Å². The lowest BCUT2D eigenvalue weighted by Crippen LogP contribution is -2.38. The monoisotopic (exact) mass is 271 g/mol. The highest BCUT2D eigenvalue weighted by molar-refractivity contribution is 5.91. The predicted molar refractivity (Wildman–Crippen MR) is 64.3 cm³/mol. The highest BCUT2D eigenvalue weighted by Crippen LogP contribution is 2.16. The number of aliphatic carboxylic acids is 1. The molecule has 0 aromatic heterocycles. The van der Waals surface area contributed by atoms with E-state index in [0.717, 1.165) is 18.6 Å². The Bertz CT molecular complexity index is 378. The first-order chi connectivity index (χ1) is 9.04. The van der Waals surface area contributed by atoms with Crippen molar-refractivity contribution in [2.75, 3.05) is 26.8 Å². The quantitative estimate of drug-likeness (QED) is 0.528. The molecule has 1 atom stereocenters. The van der Waals surface area contributed by atoms with Crippen molar-refractivity contribution in [3.8, 4) is 0 Å². The number of methoxy groups -OCH3 is 1. The number of carboxylic acids is 1. The van der Waals surface area contributed by atoms with Crippen LogP contribution < -0.4 is 0 Å². The minimum Gasteiger partial charge on any atom is -0.480 e. The van der Waals surface area contributed by atoms with Gasteiger partial charge in [0, 0.05) is 18.7 Å². The van der Waals surface area contributed by atoms with Gasteiger partial charge in [-0.05, 0) is 19.4 Å². The van der Waals surface area contributed by atoms with Crippen molar-refractivity contribution in [3.63, 3.8) is 0 Å². The first-order valence-corrected chi connectivity index (χ1v) is 5.94. The van der Waals surface area contributed by atoms with Gasteiger partial charge in [-0.3, -0.25) is 9.69 Å². The number of ether oxygens (including phenoxy) is 2. The Morgan fingerprint density at radius 2 is 2.00 bits per heavy atom. The topological polar surface area (TPSA) is 93.1 Å². The van der Waals surface area contributed by atoms with Crippen LogP contribution in [0, 0.1) is 0 Å². The molecule has 1 N–H and O–H groups in total. The fourth-order valence-corrected chi connectivity index (χ4v) is 1.89. The summed E-state index contributed by atoms with van der Waals surface area (Å²) in [5.41, 5.74) is 0. The molecule has 1 heterocycles. The van der Waals surface area contributed by atoms with Gasteiger partial charge in [-0.25, -0.2) is 9.59 Å². The minimum atomic E-state index is -0.852. The SMILES string of the molecule is COC(=O)/C=C/C(=O)OCCN1CCCC1C(=O)O. The van der Waals surface area contributed by atoms with E-state index in [-0.39, 0.29) is 6.61 Å². The lowest BCUT2D eigenvalue weighted by atomic mass is 10.2. The second-order valence-corrected chi connectivity index (χ2v) is 4.06. The molecule has 0 amide bonds. The van der Waals surface area contributed by atoms with Gasteiger partial charge in [-0.1, -0.05) is 0 Å². The van der Waals surface area contributed by atoms with E-state index < -0.39 is 23.9 Å². The fourth-order valence-electron chi connectivity index (χ4n) is 1.89. The summed E-state index contributed by atoms with van der Waals surface area (Å²) in [7, 11) is 1.21. The summed E-state index contributed by atoms with van der Waals surface area (Å²) < 4.78 is 9.18. The Labute approximate surface area is 110 Å². The summed E-state index contributed by atoms with van der Waals surface area (Å²) in [4.78, 5) is 34.6. The molecule has 0 spiro atoms. The van der Waals surface area contributed by atoms with Crippen molar-refractivity contribution < 1.29 is 29.0 Å². The summed E-state index contributed by atoms with van der Waals surface area (Å²) in [6.07, 6.45) is 3.39. The Kier molecular flexibility index (Phi) is 6.01. The molecule has 1 saturated heterocycles. The summed E-state index contributed by atoms with van der Waals surface area (Å²) in [5.74, 6) is -2.15. The molecule has 1 fully saturated rings. The van der Waals surface area contributed by atoms with Crippen LogP contribution in [0.1, 0.15) is 12.8 Å². The zero-order valence-corrected chi connectivity index (χ0v) is 10.7. The number of hydrogen-bond donors (Lipinski definition) is 1. The Morgan fingerprint density at radius 3 is 2.63 bits per heavy atom. The van der Waals surface area contributed by atoms with Gasteiger partial charge in [0.05, 0.1) is 7.11 Å². The molecule has 1 rings (SSSR count). The summed E-state index contributed by atoms with van der Waals surface area (Å²) >= 11 is 0. The van der Waals surface area contributed by atoms with E-state index in [1.54, 1.807) is 4.90 Å². The zero-order valence-electron chi connectivity index (χ0n) is 10.7. The molecule has 1 unspecified atom stereocenters. The number of esters is 2. The Morgan fingerprint density at radius 1 is 1.32 bits per heavy atom. The number of likely N-dealkylation sites (tertiary alicyclic amines) is 1. The number of carbonyl (C=O) groups excluding carboxylic acids is 2. The largest absolute Gasteiger partial charge is 0.480 e. The molecule has 0 aromatic rings. The molecule has 0 aromatic carbocycles. The van der Waals surface area contributed by atoms with E-state index in [2.05, 4.69) is 4.74 Å². The number of carbonyl (C=O) groups is 3. The van der Waals surface area contributed by atoms with Crippen LogP contribution in [0.25, 0.3) is 0 Å². The molecule has 106 valence electrons. The molecule has 19 heavy (non-hydrogen) atoms. The maximum atomic E-state index is 11.2. The Hall–Kier alpha value is -1.89. The number of nitrogens with zero attached hydrogens (tertiary/aromatic N) is 1.